The van der Waals surface area contributed by atoms with Gasteiger partial charge in [0.1, 0.15) is 10.9 Å². The molecule has 0 spiro atoms. The number of anilines is 2. The van der Waals surface area contributed by atoms with Crippen molar-refractivity contribution in [3.63, 3.8) is 0 Å². The van der Waals surface area contributed by atoms with E-state index < -0.39 is 23.4 Å². The topological polar surface area (TPSA) is 147 Å². The summed E-state index contributed by atoms with van der Waals surface area (Å²) in [6.07, 6.45) is 1.74. The van der Waals surface area contributed by atoms with Gasteiger partial charge in [0, 0.05) is 33.9 Å². The van der Waals surface area contributed by atoms with Crippen LogP contribution in [0.25, 0.3) is 10.9 Å². The number of nitrogens with two attached hydrogens (primary N) is 2. The predicted octanol–water partition coefficient (Wildman–Crippen LogP) is 4.73. The monoisotopic (exact) mass is 532 g/mol. The second-order valence-electron chi connectivity index (χ2n) is 10.5. The van der Waals surface area contributed by atoms with Crippen molar-refractivity contribution in [2.45, 2.75) is 52.1 Å². The van der Waals surface area contributed by atoms with E-state index in [0.29, 0.717) is 11.3 Å². The van der Waals surface area contributed by atoms with Crippen molar-refractivity contribution in [2.24, 2.45) is 5.73 Å². The Morgan fingerprint density at radius 2 is 1.71 bits per heavy atom. The number of fused-ring (bicyclic) bond motifs is 1. The summed E-state index contributed by atoms with van der Waals surface area (Å²) >= 11 is 0.780. The molecule has 2 heterocycles. The fourth-order valence-corrected chi connectivity index (χ4v) is 5.04. The molecule has 3 amide bonds. The first kappa shape index (κ1) is 26.9. The van der Waals surface area contributed by atoms with Crippen LogP contribution in [0.2, 0.25) is 0 Å². The highest BCUT2D eigenvalue weighted by atomic mass is 32.1. The Labute approximate surface area is 225 Å². The molecule has 2 aromatic carbocycles. The van der Waals surface area contributed by atoms with E-state index in [2.05, 4.69) is 28.5 Å². The number of nitrogens with zero attached hydrogens (tertiary/aromatic N) is 2. The van der Waals surface area contributed by atoms with Crippen LogP contribution in [0.4, 0.5) is 11.4 Å². The van der Waals surface area contributed by atoms with Gasteiger partial charge in [-0.05, 0) is 62.0 Å². The molecular weight excluding hydrogens is 500 g/mol. The first-order chi connectivity index (χ1) is 17.9. The molecule has 0 fully saturated rings. The molecule has 1 unspecified atom stereocenters. The van der Waals surface area contributed by atoms with Gasteiger partial charge < -0.3 is 21.8 Å². The molecule has 0 aliphatic carbocycles. The van der Waals surface area contributed by atoms with E-state index in [1.165, 1.54) is 4.90 Å². The van der Waals surface area contributed by atoms with Crippen LogP contribution in [0.3, 0.4) is 0 Å². The van der Waals surface area contributed by atoms with Crippen molar-refractivity contribution in [3.8, 4) is 0 Å². The number of carbonyl (C=O) groups excluding carboxylic acids is 3. The lowest BCUT2D eigenvalue weighted by atomic mass is 9.98. The van der Waals surface area contributed by atoms with Gasteiger partial charge in [0.05, 0.1) is 5.69 Å². The maximum atomic E-state index is 14.2. The molecule has 0 bridgehead atoms. The molecule has 6 N–H and O–H groups in total. The minimum Gasteiger partial charge on any atom is -0.395 e. The first-order valence-corrected chi connectivity index (χ1v) is 13.0. The van der Waals surface area contributed by atoms with Crippen LogP contribution in [-0.4, -0.2) is 32.6 Å². The third-order valence-electron chi connectivity index (χ3n) is 6.13. The van der Waals surface area contributed by atoms with Gasteiger partial charge in [0.15, 0.2) is 5.69 Å². The highest BCUT2D eigenvalue weighted by Gasteiger charge is 2.38. The van der Waals surface area contributed by atoms with E-state index >= 15 is 0 Å². The second kappa shape index (κ2) is 10.3. The van der Waals surface area contributed by atoms with Crippen molar-refractivity contribution in [1.29, 1.82) is 0 Å². The number of rotatable bonds is 7. The number of H-pyrrole nitrogens is 1. The zero-order valence-corrected chi connectivity index (χ0v) is 22.8. The maximum absolute atomic E-state index is 14.2. The molecule has 10 heteroatoms. The number of hydrogen-bond donors (Lipinski definition) is 4. The lowest BCUT2D eigenvalue weighted by molar-refractivity contribution is -0.123. The normalized spacial score (nSPS) is 12.5. The minimum absolute atomic E-state index is 0.0279. The Kier molecular flexibility index (Phi) is 7.28. The molecule has 38 heavy (non-hydrogen) atoms. The van der Waals surface area contributed by atoms with Crippen molar-refractivity contribution in [3.05, 3.63) is 76.4 Å². The van der Waals surface area contributed by atoms with Crippen LogP contribution in [0.5, 0.6) is 0 Å². The van der Waals surface area contributed by atoms with Crippen LogP contribution in [0.15, 0.2) is 54.7 Å². The third kappa shape index (κ3) is 5.26. The van der Waals surface area contributed by atoms with Gasteiger partial charge in [-0.25, -0.2) is 0 Å². The molecule has 0 aliphatic heterocycles. The Morgan fingerprint density at radius 1 is 1.05 bits per heavy atom. The van der Waals surface area contributed by atoms with E-state index in [1.807, 2.05) is 69.3 Å². The van der Waals surface area contributed by atoms with E-state index in [1.54, 1.807) is 6.20 Å². The second-order valence-corrected chi connectivity index (χ2v) is 11.3. The summed E-state index contributed by atoms with van der Waals surface area (Å²) in [6, 6.07) is 14.0. The summed E-state index contributed by atoms with van der Waals surface area (Å²) in [7, 11) is 0. The molecule has 1 atom stereocenters. The lowest BCUT2D eigenvalue weighted by Crippen LogP contribution is -2.49. The molecule has 0 radical (unpaired) electrons. The van der Waals surface area contributed by atoms with E-state index in [0.717, 1.165) is 28.0 Å². The number of amides is 3. The number of primary amides is 1. The largest absolute Gasteiger partial charge is 0.395 e. The number of carbonyl (C=O) groups is 3. The van der Waals surface area contributed by atoms with Gasteiger partial charge in [-0.1, -0.05) is 44.2 Å². The van der Waals surface area contributed by atoms with E-state index in [4.69, 9.17) is 11.5 Å². The number of aromatic nitrogens is 2. The summed E-state index contributed by atoms with van der Waals surface area (Å²) in [5.74, 6) is -1.49. The average molecular weight is 533 g/mol. The zero-order valence-electron chi connectivity index (χ0n) is 22.0. The van der Waals surface area contributed by atoms with Crippen molar-refractivity contribution < 1.29 is 14.4 Å². The molecule has 2 aromatic heterocycles. The van der Waals surface area contributed by atoms with Crippen molar-refractivity contribution in [2.75, 3.05) is 10.6 Å². The highest BCUT2D eigenvalue weighted by molar-refractivity contribution is 7.09. The average Bonchev–Trinajstić information content (AvgIpc) is 3.44. The standard InChI is InChI=1S/C28H32N6O3S/c1-15(2)16-10-12-17(13-11-16)34(27(37)24-21(29)22(25(30)35)33-38-24)23(26(36)32-28(3,4)5)19-14-31-20-9-7-6-8-18(19)20/h6-15,23,31H,29H2,1-5H3,(H2,30,35)(H,32,36). The van der Waals surface area contributed by atoms with Gasteiger partial charge in [-0.15, -0.1) is 0 Å². The van der Waals surface area contributed by atoms with Crippen molar-refractivity contribution >= 4 is 51.5 Å². The summed E-state index contributed by atoms with van der Waals surface area (Å²) < 4.78 is 4.01. The van der Waals surface area contributed by atoms with Gasteiger partial charge in [-0.2, -0.15) is 4.37 Å². The Balaban J connectivity index is 1.96. The summed E-state index contributed by atoms with van der Waals surface area (Å²) in [5.41, 5.74) is 13.7. The first-order valence-electron chi connectivity index (χ1n) is 12.3. The number of hydrogen-bond acceptors (Lipinski definition) is 6. The fourth-order valence-electron chi connectivity index (χ4n) is 4.30. The molecule has 198 valence electrons. The SMILES string of the molecule is CC(C)c1ccc(N(C(=O)c2snc(C(N)=O)c2N)C(C(=O)NC(C)(C)C)c2c[nH]c3ccccc23)cc1. The number of para-hydroxylation sites is 1. The van der Waals surface area contributed by atoms with Gasteiger partial charge in [0.2, 0.25) is 5.91 Å². The van der Waals surface area contributed by atoms with E-state index in [9.17, 15) is 14.4 Å². The highest BCUT2D eigenvalue weighted by Crippen LogP contribution is 2.36. The summed E-state index contributed by atoms with van der Waals surface area (Å²) in [6.45, 7) is 9.78. The van der Waals surface area contributed by atoms with Gasteiger partial charge >= 0.3 is 0 Å². The molecule has 4 rings (SSSR count). The maximum Gasteiger partial charge on any atom is 0.273 e. The summed E-state index contributed by atoms with van der Waals surface area (Å²) in [5, 5.41) is 3.83. The fraction of sp³-hybridized carbons (Fsp3) is 0.286. The lowest BCUT2D eigenvalue weighted by Gasteiger charge is -2.33. The van der Waals surface area contributed by atoms with Crippen LogP contribution >= 0.6 is 11.5 Å². The number of nitrogen functional groups attached to an aromatic ring is 1. The molecule has 0 saturated heterocycles. The Hall–Kier alpha value is -4.18. The Bertz CT molecular complexity index is 1500. The van der Waals surface area contributed by atoms with Crippen LogP contribution in [0.1, 0.15) is 77.9 Å². The smallest absolute Gasteiger partial charge is 0.273 e. The summed E-state index contributed by atoms with van der Waals surface area (Å²) in [4.78, 5) is 44.7. The number of nitrogens with one attached hydrogen (secondary N) is 2. The van der Waals surface area contributed by atoms with E-state index in [-0.39, 0.29) is 28.1 Å². The molecule has 0 saturated carbocycles. The molecule has 0 aliphatic rings. The molecule has 4 aromatic rings. The van der Waals surface area contributed by atoms with Crippen LogP contribution in [-0.2, 0) is 4.79 Å². The Morgan fingerprint density at radius 3 is 2.29 bits per heavy atom. The van der Waals surface area contributed by atoms with Gasteiger partial charge in [0.25, 0.3) is 11.8 Å². The van der Waals surface area contributed by atoms with Crippen LogP contribution < -0.4 is 21.7 Å². The predicted molar refractivity (Wildman–Crippen MR) is 151 cm³/mol. The molecular formula is C28H32N6O3S. The quantitative estimate of drug-likeness (QED) is 0.272. The molecule has 9 nitrogen and oxygen atoms in total. The minimum atomic E-state index is -1.07. The number of aromatic amines is 1. The van der Waals surface area contributed by atoms with Crippen LogP contribution in [0, 0.1) is 0 Å². The van der Waals surface area contributed by atoms with Crippen molar-refractivity contribution in [1.82, 2.24) is 14.7 Å². The third-order valence-corrected chi connectivity index (χ3v) is 6.98. The number of benzene rings is 2. The zero-order chi connectivity index (χ0) is 27.8. The van der Waals surface area contributed by atoms with Gasteiger partial charge in [-0.3, -0.25) is 19.3 Å².